The Bertz CT molecular complexity index is 763. The van der Waals surface area contributed by atoms with Crippen LogP contribution in [0.25, 0.3) is 11.0 Å². The number of benzene rings is 1. The Hall–Kier alpha value is -2.77. The molecule has 22 heavy (non-hydrogen) atoms. The lowest BCUT2D eigenvalue weighted by Crippen LogP contribution is -2.29. The van der Waals surface area contributed by atoms with Gasteiger partial charge < -0.3 is 9.88 Å². The SMILES string of the molecule is Cc1nc2ccccc2n1CCCNC(=O)Cn1cnnn1. The van der Waals surface area contributed by atoms with Gasteiger partial charge in [-0.1, -0.05) is 12.1 Å². The third kappa shape index (κ3) is 3.11. The maximum absolute atomic E-state index is 11.7. The normalized spacial score (nSPS) is 11.0. The fourth-order valence-electron chi connectivity index (χ4n) is 2.40. The summed E-state index contributed by atoms with van der Waals surface area (Å²) in [6.45, 7) is 3.56. The third-order valence-electron chi connectivity index (χ3n) is 3.42. The molecule has 1 amide bonds. The molecule has 1 aromatic carbocycles. The van der Waals surface area contributed by atoms with Crippen molar-refractivity contribution in [2.75, 3.05) is 6.54 Å². The first-order chi connectivity index (χ1) is 10.7. The molecule has 0 aliphatic rings. The van der Waals surface area contributed by atoms with Gasteiger partial charge in [-0.25, -0.2) is 9.67 Å². The number of imidazole rings is 1. The lowest BCUT2D eigenvalue weighted by molar-refractivity contribution is -0.121. The molecule has 0 saturated heterocycles. The standard InChI is InChI=1S/C14H17N7O/c1-11-17-12-5-2-3-6-13(12)21(11)8-4-7-15-14(22)9-20-10-16-18-19-20/h2-3,5-6,10H,4,7-9H2,1H3,(H,15,22). The first-order valence-corrected chi connectivity index (χ1v) is 7.13. The van der Waals surface area contributed by atoms with E-state index >= 15 is 0 Å². The van der Waals surface area contributed by atoms with Gasteiger partial charge in [0.25, 0.3) is 0 Å². The van der Waals surface area contributed by atoms with E-state index in [-0.39, 0.29) is 12.5 Å². The Morgan fingerprint density at radius 2 is 2.18 bits per heavy atom. The van der Waals surface area contributed by atoms with Crippen LogP contribution in [0.1, 0.15) is 12.2 Å². The summed E-state index contributed by atoms with van der Waals surface area (Å²) in [7, 11) is 0. The summed E-state index contributed by atoms with van der Waals surface area (Å²) >= 11 is 0. The Morgan fingerprint density at radius 3 is 3.00 bits per heavy atom. The van der Waals surface area contributed by atoms with Crippen LogP contribution in [-0.4, -0.2) is 42.2 Å². The average Bonchev–Trinajstić information content (AvgIpc) is 3.11. The van der Waals surface area contributed by atoms with E-state index in [4.69, 9.17) is 0 Å². The van der Waals surface area contributed by atoms with Crippen LogP contribution in [0.15, 0.2) is 30.6 Å². The van der Waals surface area contributed by atoms with E-state index in [1.165, 1.54) is 11.0 Å². The van der Waals surface area contributed by atoms with Crippen LogP contribution < -0.4 is 5.32 Å². The highest BCUT2D eigenvalue weighted by Crippen LogP contribution is 2.15. The smallest absolute Gasteiger partial charge is 0.241 e. The predicted octanol–water partition coefficient (Wildman–Crippen LogP) is 0.538. The van der Waals surface area contributed by atoms with Gasteiger partial charge in [0.15, 0.2) is 0 Å². The molecule has 0 fully saturated rings. The topological polar surface area (TPSA) is 90.5 Å². The van der Waals surface area contributed by atoms with Crippen molar-refractivity contribution >= 4 is 16.9 Å². The monoisotopic (exact) mass is 299 g/mol. The van der Waals surface area contributed by atoms with Crippen molar-refractivity contribution in [1.82, 2.24) is 35.1 Å². The lowest BCUT2D eigenvalue weighted by atomic mass is 10.3. The number of aromatic nitrogens is 6. The highest BCUT2D eigenvalue weighted by molar-refractivity contribution is 5.76. The van der Waals surface area contributed by atoms with Gasteiger partial charge in [-0.05, 0) is 35.9 Å². The van der Waals surface area contributed by atoms with E-state index in [0.29, 0.717) is 6.54 Å². The van der Waals surface area contributed by atoms with E-state index in [1.54, 1.807) is 0 Å². The van der Waals surface area contributed by atoms with Crippen molar-refractivity contribution in [3.63, 3.8) is 0 Å². The van der Waals surface area contributed by atoms with E-state index < -0.39 is 0 Å². The molecule has 0 unspecified atom stereocenters. The van der Waals surface area contributed by atoms with Crippen molar-refractivity contribution in [3.05, 3.63) is 36.4 Å². The lowest BCUT2D eigenvalue weighted by Gasteiger charge is -2.08. The van der Waals surface area contributed by atoms with Gasteiger partial charge in [0.1, 0.15) is 18.7 Å². The fraction of sp³-hybridized carbons (Fsp3) is 0.357. The minimum Gasteiger partial charge on any atom is -0.354 e. The Morgan fingerprint density at radius 1 is 1.32 bits per heavy atom. The van der Waals surface area contributed by atoms with Gasteiger partial charge in [0.2, 0.25) is 5.91 Å². The largest absolute Gasteiger partial charge is 0.354 e. The van der Waals surface area contributed by atoms with Crippen LogP contribution in [0.4, 0.5) is 0 Å². The van der Waals surface area contributed by atoms with Crippen LogP contribution in [0, 0.1) is 6.92 Å². The van der Waals surface area contributed by atoms with E-state index in [9.17, 15) is 4.79 Å². The summed E-state index contributed by atoms with van der Waals surface area (Å²) in [6.07, 6.45) is 2.25. The Kier molecular flexibility index (Phi) is 4.08. The summed E-state index contributed by atoms with van der Waals surface area (Å²) in [5.74, 6) is 0.890. The van der Waals surface area contributed by atoms with E-state index in [1.807, 2.05) is 25.1 Å². The molecule has 114 valence electrons. The maximum Gasteiger partial charge on any atom is 0.241 e. The van der Waals surface area contributed by atoms with Crippen LogP contribution in [0.3, 0.4) is 0 Å². The molecule has 0 atom stereocenters. The number of hydrogen-bond acceptors (Lipinski definition) is 5. The molecule has 3 rings (SSSR count). The van der Waals surface area contributed by atoms with Crippen LogP contribution >= 0.6 is 0 Å². The van der Waals surface area contributed by atoms with Gasteiger partial charge in [-0.3, -0.25) is 4.79 Å². The number of nitrogens with zero attached hydrogens (tertiary/aromatic N) is 6. The quantitative estimate of drug-likeness (QED) is 0.671. The summed E-state index contributed by atoms with van der Waals surface area (Å²) in [5, 5.41) is 13.5. The number of hydrogen-bond donors (Lipinski definition) is 1. The molecule has 2 aromatic heterocycles. The molecule has 8 heteroatoms. The number of para-hydroxylation sites is 2. The van der Waals surface area contributed by atoms with Gasteiger partial charge in [-0.15, -0.1) is 5.10 Å². The summed E-state index contributed by atoms with van der Waals surface area (Å²) < 4.78 is 3.56. The molecule has 0 radical (unpaired) electrons. The number of amides is 1. The molecule has 0 bridgehead atoms. The number of tetrazole rings is 1. The minimum absolute atomic E-state index is 0.0977. The molecular formula is C14H17N7O. The van der Waals surface area contributed by atoms with E-state index in [2.05, 4.69) is 36.5 Å². The van der Waals surface area contributed by atoms with Crippen LogP contribution in [-0.2, 0) is 17.9 Å². The molecular weight excluding hydrogens is 282 g/mol. The number of aryl methyl sites for hydroxylation is 2. The van der Waals surface area contributed by atoms with E-state index in [0.717, 1.165) is 29.8 Å². The van der Waals surface area contributed by atoms with Crippen molar-refractivity contribution in [2.24, 2.45) is 0 Å². The maximum atomic E-state index is 11.7. The number of carbonyl (C=O) groups excluding carboxylic acids is 1. The number of rotatable bonds is 6. The predicted molar refractivity (Wildman–Crippen MR) is 79.9 cm³/mol. The molecule has 8 nitrogen and oxygen atoms in total. The molecule has 0 aliphatic heterocycles. The summed E-state index contributed by atoms with van der Waals surface area (Å²) in [4.78, 5) is 16.2. The Labute approximate surface area is 127 Å². The zero-order valence-electron chi connectivity index (χ0n) is 12.3. The highest BCUT2D eigenvalue weighted by Gasteiger charge is 2.07. The molecule has 1 N–H and O–H groups in total. The molecule has 2 heterocycles. The van der Waals surface area contributed by atoms with Gasteiger partial charge in [-0.2, -0.15) is 0 Å². The Balaban J connectivity index is 1.50. The first-order valence-electron chi connectivity index (χ1n) is 7.13. The average molecular weight is 299 g/mol. The zero-order valence-corrected chi connectivity index (χ0v) is 12.3. The van der Waals surface area contributed by atoms with Crippen LogP contribution in [0.2, 0.25) is 0 Å². The van der Waals surface area contributed by atoms with Crippen molar-refractivity contribution < 1.29 is 4.79 Å². The fourth-order valence-corrected chi connectivity index (χ4v) is 2.40. The van der Waals surface area contributed by atoms with Gasteiger partial charge in [0.05, 0.1) is 11.0 Å². The highest BCUT2D eigenvalue weighted by atomic mass is 16.2. The molecule has 0 saturated carbocycles. The number of nitrogens with one attached hydrogen (secondary N) is 1. The zero-order chi connectivity index (χ0) is 15.4. The van der Waals surface area contributed by atoms with Crippen molar-refractivity contribution in [3.8, 4) is 0 Å². The minimum atomic E-state index is -0.0977. The number of carbonyl (C=O) groups is 1. The van der Waals surface area contributed by atoms with Crippen LogP contribution in [0.5, 0.6) is 0 Å². The summed E-state index contributed by atoms with van der Waals surface area (Å²) in [6, 6.07) is 8.06. The first kappa shape index (κ1) is 14.2. The van der Waals surface area contributed by atoms with Gasteiger partial charge in [0, 0.05) is 13.1 Å². The second-order valence-corrected chi connectivity index (χ2v) is 5.01. The second-order valence-electron chi connectivity index (χ2n) is 5.01. The van der Waals surface area contributed by atoms with Crippen molar-refractivity contribution in [2.45, 2.75) is 26.4 Å². The second kappa shape index (κ2) is 6.33. The number of fused-ring (bicyclic) bond motifs is 1. The molecule has 0 aliphatic carbocycles. The molecule has 3 aromatic rings. The van der Waals surface area contributed by atoms with Crippen molar-refractivity contribution in [1.29, 1.82) is 0 Å². The third-order valence-corrected chi connectivity index (χ3v) is 3.42. The molecule has 0 spiro atoms. The summed E-state index contributed by atoms with van der Waals surface area (Å²) in [5.41, 5.74) is 2.13. The van der Waals surface area contributed by atoms with Gasteiger partial charge >= 0.3 is 0 Å².